The lowest BCUT2D eigenvalue weighted by Crippen LogP contribution is -2.52. The van der Waals surface area contributed by atoms with Gasteiger partial charge in [-0.1, -0.05) is 42.5 Å². The quantitative estimate of drug-likeness (QED) is 0.249. The molecule has 1 fully saturated rings. The molecule has 4 rings (SSSR count). The van der Waals surface area contributed by atoms with Gasteiger partial charge in [-0.25, -0.2) is 13.2 Å². The van der Waals surface area contributed by atoms with Crippen molar-refractivity contribution in [2.75, 3.05) is 31.3 Å². The fourth-order valence-corrected chi connectivity index (χ4v) is 7.73. The van der Waals surface area contributed by atoms with Gasteiger partial charge in [0.25, 0.3) is 0 Å². The Kier molecular flexibility index (Phi) is 10.8. The molecule has 1 unspecified atom stereocenters. The summed E-state index contributed by atoms with van der Waals surface area (Å²) in [5.41, 5.74) is 1.50. The Morgan fingerprint density at radius 2 is 1.83 bits per heavy atom. The molecule has 0 aliphatic carbocycles. The molecule has 2 aliphatic heterocycles. The van der Waals surface area contributed by atoms with E-state index in [1.54, 1.807) is 42.5 Å². The molecule has 13 heteroatoms. The van der Waals surface area contributed by atoms with E-state index in [9.17, 15) is 27.9 Å². The maximum absolute atomic E-state index is 13.1. The standard InChI is InChI=1S/C28H35N5O6S2/c34-22(6-4-13-29-28-30-14-5-15-31-28)16-20-9-11-21(12-10-20)17-24(27(36)37)32-26(35)25-18-40-19-33(25)41(38,39)23-7-2-1-3-8-23/h1-3,7-12,24-25H,4-6,13-19H2,(H,32,35)(H,36,37)(H2,29,30,31)/t24?,25-/m0/s1. The number of aliphatic carboxylic acids is 1. The van der Waals surface area contributed by atoms with E-state index < -0.39 is 34.0 Å². The minimum absolute atomic E-state index is 0.0180. The largest absolute Gasteiger partial charge is 0.480 e. The summed E-state index contributed by atoms with van der Waals surface area (Å²) in [6.45, 7) is 2.37. The second-order valence-corrected chi connectivity index (χ2v) is 12.8. The maximum Gasteiger partial charge on any atom is 0.326 e. The van der Waals surface area contributed by atoms with E-state index >= 15 is 0 Å². The summed E-state index contributed by atoms with van der Waals surface area (Å²) in [7, 11) is -3.91. The highest BCUT2D eigenvalue weighted by Crippen LogP contribution is 2.28. The number of carbonyl (C=O) groups excluding carboxylic acids is 2. The van der Waals surface area contributed by atoms with Crippen molar-refractivity contribution >= 4 is 45.4 Å². The van der Waals surface area contributed by atoms with Crippen molar-refractivity contribution in [3.63, 3.8) is 0 Å². The molecule has 0 bridgehead atoms. The van der Waals surface area contributed by atoms with Crippen molar-refractivity contribution in [2.24, 2.45) is 4.99 Å². The number of carboxylic acid groups (broad SMARTS) is 1. The maximum atomic E-state index is 13.1. The van der Waals surface area contributed by atoms with Crippen LogP contribution in [0.4, 0.5) is 0 Å². The highest BCUT2D eigenvalue weighted by atomic mass is 32.2. The van der Waals surface area contributed by atoms with Crippen LogP contribution in [0.2, 0.25) is 0 Å². The Bertz CT molecular complexity index is 1350. The highest BCUT2D eigenvalue weighted by Gasteiger charge is 2.41. The lowest BCUT2D eigenvalue weighted by Gasteiger charge is -2.24. The third kappa shape index (κ3) is 8.54. The Balaban J connectivity index is 1.28. The second kappa shape index (κ2) is 14.5. The van der Waals surface area contributed by atoms with Crippen molar-refractivity contribution in [3.05, 3.63) is 65.7 Å². The molecule has 0 aromatic heterocycles. The van der Waals surface area contributed by atoms with Crippen LogP contribution in [0, 0.1) is 0 Å². The van der Waals surface area contributed by atoms with E-state index in [1.807, 2.05) is 0 Å². The predicted octanol–water partition coefficient (Wildman–Crippen LogP) is 1.39. The molecule has 0 spiro atoms. The van der Waals surface area contributed by atoms with E-state index in [-0.39, 0.29) is 35.2 Å². The van der Waals surface area contributed by atoms with Gasteiger partial charge < -0.3 is 21.1 Å². The van der Waals surface area contributed by atoms with Crippen molar-refractivity contribution < 1.29 is 27.9 Å². The van der Waals surface area contributed by atoms with Crippen LogP contribution in [0.5, 0.6) is 0 Å². The number of hydrogen-bond acceptors (Lipinski definition) is 9. The number of carboxylic acids is 1. The summed E-state index contributed by atoms with van der Waals surface area (Å²) in [6.07, 6.45) is 2.45. The summed E-state index contributed by atoms with van der Waals surface area (Å²) >= 11 is 1.30. The first kappa shape index (κ1) is 30.5. The molecule has 0 radical (unpaired) electrons. The molecule has 4 N–H and O–H groups in total. The van der Waals surface area contributed by atoms with Crippen LogP contribution >= 0.6 is 11.8 Å². The van der Waals surface area contributed by atoms with Gasteiger partial charge in [0.05, 0.1) is 10.8 Å². The summed E-state index contributed by atoms with van der Waals surface area (Å²) in [5.74, 6) is -0.635. The summed E-state index contributed by atoms with van der Waals surface area (Å²) < 4.78 is 27.3. The van der Waals surface area contributed by atoms with E-state index in [1.165, 1.54) is 23.9 Å². The molecule has 220 valence electrons. The third-order valence-corrected chi connectivity index (χ3v) is 9.84. The summed E-state index contributed by atoms with van der Waals surface area (Å²) in [5, 5.41) is 18.7. The lowest BCUT2D eigenvalue weighted by atomic mass is 10.0. The number of nitrogens with zero attached hydrogens (tertiary/aromatic N) is 2. The van der Waals surface area contributed by atoms with Gasteiger partial charge in [-0.3, -0.25) is 14.6 Å². The van der Waals surface area contributed by atoms with E-state index in [2.05, 4.69) is 20.9 Å². The number of amides is 1. The zero-order valence-electron chi connectivity index (χ0n) is 22.6. The van der Waals surface area contributed by atoms with Gasteiger partial charge >= 0.3 is 5.97 Å². The predicted molar refractivity (Wildman–Crippen MR) is 157 cm³/mol. The zero-order chi connectivity index (χ0) is 29.2. The number of Topliss-reactive ketones (excluding diaryl/α,β-unsaturated/α-hetero) is 1. The van der Waals surface area contributed by atoms with Gasteiger partial charge in [-0.15, -0.1) is 11.8 Å². The van der Waals surface area contributed by atoms with Crippen LogP contribution in [0.3, 0.4) is 0 Å². The molecule has 2 aromatic carbocycles. The second-order valence-electron chi connectivity index (χ2n) is 9.90. The van der Waals surface area contributed by atoms with Gasteiger partial charge in [0.15, 0.2) is 5.96 Å². The SMILES string of the molecule is O=C(CCCNC1=NCCCN1)Cc1ccc(CC(NC(=O)[C@@H]2CSCN2S(=O)(=O)c2ccccc2)C(=O)O)cc1. The number of benzene rings is 2. The average molecular weight is 602 g/mol. The molecule has 11 nitrogen and oxygen atoms in total. The Labute approximate surface area is 244 Å². The first-order chi connectivity index (χ1) is 19.7. The van der Waals surface area contributed by atoms with Crippen LogP contribution in [0.1, 0.15) is 30.4 Å². The molecule has 0 saturated carbocycles. The van der Waals surface area contributed by atoms with E-state index in [0.29, 0.717) is 24.9 Å². The molecule has 2 aromatic rings. The fourth-order valence-electron chi connectivity index (χ4n) is 4.55. The van der Waals surface area contributed by atoms with Gasteiger partial charge in [-0.2, -0.15) is 4.31 Å². The number of hydrogen-bond donors (Lipinski definition) is 4. The first-order valence-corrected chi connectivity index (χ1v) is 16.1. The Morgan fingerprint density at radius 3 is 2.51 bits per heavy atom. The summed E-state index contributed by atoms with van der Waals surface area (Å²) in [4.78, 5) is 41.9. The molecule has 2 heterocycles. The summed E-state index contributed by atoms with van der Waals surface area (Å²) in [6, 6.07) is 12.7. The van der Waals surface area contributed by atoms with Crippen molar-refractivity contribution in [1.82, 2.24) is 20.3 Å². The normalized spacial score (nSPS) is 18.1. The number of nitrogens with one attached hydrogen (secondary N) is 3. The minimum Gasteiger partial charge on any atom is -0.480 e. The molecular weight excluding hydrogens is 566 g/mol. The number of rotatable bonds is 13. The van der Waals surface area contributed by atoms with Gasteiger partial charge in [0, 0.05) is 44.6 Å². The Hall–Kier alpha value is -3.42. The van der Waals surface area contributed by atoms with Gasteiger partial charge in [0.1, 0.15) is 17.9 Å². The molecule has 41 heavy (non-hydrogen) atoms. The Morgan fingerprint density at radius 1 is 1.10 bits per heavy atom. The molecule has 1 amide bonds. The number of carbonyl (C=O) groups is 3. The smallest absolute Gasteiger partial charge is 0.326 e. The topological polar surface area (TPSA) is 157 Å². The first-order valence-electron chi connectivity index (χ1n) is 13.5. The monoisotopic (exact) mass is 601 g/mol. The van der Waals surface area contributed by atoms with E-state index in [4.69, 9.17) is 0 Å². The minimum atomic E-state index is -3.91. The van der Waals surface area contributed by atoms with Crippen LogP contribution in [-0.4, -0.2) is 84.8 Å². The average Bonchev–Trinajstić information content (AvgIpc) is 3.48. The molecular formula is C28H35N5O6S2. The van der Waals surface area contributed by atoms with Crippen LogP contribution in [-0.2, 0) is 37.2 Å². The van der Waals surface area contributed by atoms with Crippen LogP contribution < -0.4 is 16.0 Å². The number of thioether (sulfide) groups is 1. The highest BCUT2D eigenvalue weighted by molar-refractivity contribution is 8.00. The number of ketones is 1. The van der Waals surface area contributed by atoms with Crippen molar-refractivity contribution in [1.29, 1.82) is 0 Å². The fraction of sp³-hybridized carbons (Fsp3) is 0.429. The zero-order valence-corrected chi connectivity index (χ0v) is 24.3. The van der Waals surface area contributed by atoms with Crippen LogP contribution in [0.25, 0.3) is 0 Å². The lowest BCUT2D eigenvalue weighted by molar-refractivity contribution is -0.142. The van der Waals surface area contributed by atoms with Crippen molar-refractivity contribution in [3.8, 4) is 0 Å². The third-order valence-electron chi connectivity index (χ3n) is 6.80. The molecule has 1 saturated heterocycles. The number of aliphatic imine (C=N–C) groups is 1. The van der Waals surface area contributed by atoms with Gasteiger partial charge in [0.2, 0.25) is 15.9 Å². The molecule has 2 atom stereocenters. The number of guanidine groups is 1. The number of sulfonamides is 1. The van der Waals surface area contributed by atoms with Crippen LogP contribution in [0.15, 0.2) is 64.5 Å². The van der Waals surface area contributed by atoms with Crippen molar-refractivity contribution in [2.45, 2.75) is 49.1 Å². The molecule has 2 aliphatic rings. The van der Waals surface area contributed by atoms with E-state index in [0.717, 1.165) is 35.3 Å². The van der Waals surface area contributed by atoms with Gasteiger partial charge in [-0.05, 0) is 36.1 Å².